The summed E-state index contributed by atoms with van der Waals surface area (Å²) in [6.07, 6.45) is 1.71. The number of hydrogen-bond donors (Lipinski definition) is 4. The predicted octanol–water partition coefficient (Wildman–Crippen LogP) is -0.0137. The number of aliphatic hydroxyl groups excluding tert-OH is 1. The van der Waals surface area contributed by atoms with Gasteiger partial charge in [0.25, 0.3) is 0 Å². The minimum Gasteiger partial charge on any atom is -0.467 e. The van der Waals surface area contributed by atoms with E-state index in [-0.39, 0.29) is 18.6 Å². The molecule has 0 bridgehead atoms. The van der Waals surface area contributed by atoms with Crippen LogP contribution in [-0.2, 0) is 0 Å². The van der Waals surface area contributed by atoms with Crippen LogP contribution in [0.2, 0.25) is 0 Å². The molecule has 0 amide bonds. The van der Waals surface area contributed by atoms with Crippen LogP contribution in [-0.4, -0.2) is 40.3 Å². The summed E-state index contributed by atoms with van der Waals surface area (Å²) in [5.74, 6) is 6.25. The van der Waals surface area contributed by atoms with E-state index in [2.05, 4.69) is 32.6 Å². The highest BCUT2D eigenvalue weighted by Gasteiger charge is 2.09. The number of nitrogens with one attached hydrogen (secondary N) is 2. The molecule has 18 heavy (non-hydrogen) atoms. The van der Waals surface area contributed by atoms with E-state index < -0.39 is 0 Å². The Morgan fingerprint density at radius 2 is 2.06 bits per heavy atom. The Morgan fingerprint density at radius 3 is 2.61 bits per heavy atom. The van der Waals surface area contributed by atoms with E-state index in [1.165, 1.54) is 7.11 Å². The molecule has 0 aliphatic rings. The molecule has 1 atom stereocenters. The fourth-order valence-corrected chi connectivity index (χ4v) is 1.46. The van der Waals surface area contributed by atoms with Crippen LogP contribution in [0.1, 0.15) is 19.8 Å². The number of ether oxygens (including phenoxy) is 1. The van der Waals surface area contributed by atoms with Gasteiger partial charge in [-0.25, -0.2) is 5.84 Å². The average Bonchev–Trinajstić information content (AvgIpc) is 2.42. The second-order valence-corrected chi connectivity index (χ2v) is 3.78. The molecule has 0 fully saturated rings. The lowest BCUT2D eigenvalue weighted by Gasteiger charge is -2.14. The lowest BCUT2D eigenvalue weighted by atomic mass is 10.0. The highest BCUT2D eigenvalue weighted by molar-refractivity contribution is 5.34. The van der Waals surface area contributed by atoms with Gasteiger partial charge in [0.1, 0.15) is 0 Å². The molecule has 0 aliphatic heterocycles. The van der Waals surface area contributed by atoms with Gasteiger partial charge in [0.2, 0.25) is 11.9 Å². The van der Waals surface area contributed by atoms with Gasteiger partial charge in [-0.1, -0.05) is 13.3 Å². The molecule has 0 aromatic carbocycles. The Bertz CT molecular complexity index is 340. The van der Waals surface area contributed by atoms with Crippen molar-refractivity contribution in [3.05, 3.63) is 0 Å². The summed E-state index contributed by atoms with van der Waals surface area (Å²) in [4.78, 5) is 12.0. The highest BCUT2D eigenvalue weighted by atomic mass is 16.5. The fraction of sp³-hybridized carbons (Fsp3) is 0.700. The van der Waals surface area contributed by atoms with Gasteiger partial charge in [0, 0.05) is 13.2 Å². The van der Waals surface area contributed by atoms with Crippen LogP contribution in [0.5, 0.6) is 6.01 Å². The molecule has 0 saturated heterocycles. The van der Waals surface area contributed by atoms with Crippen molar-refractivity contribution in [3.8, 4) is 6.01 Å². The quantitative estimate of drug-likeness (QED) is 0.379. The van der Waals surface area contributed by atoms with Gasteiger partial charge in [-0.2, -0.15) is 15.0 Å². The van der Waals surface area contributed by atoms with Crippen molar-refractivity contribution in [2.45, 2.75) is 19.8 Å². The van der Waals surface area contributed by atoms with Crippen molar-refractivity contribution in [2.75, 3.05) is 31.0 Å². The number of hydrazine groups is 1. The third-order valence-electron chi connectivity index (χ3n) is 2.59. The maximum absolute atomic E-state index is 8.91. The van der Waals surface area contributed by atoms with Crippen LogP contribution >= 0.6 is 0 Å². The minimum absolute atomic E-state index is 0.177. The molecule has 0 saturated carbocycles. The van der Waals surface area contributed by atoms with Crippen molar-refractivity contribution >= 4 is 11.9 Å². The van der Waals surface area contributed by atoms with Crippen molar-refractivity contribution in [1.29, 1.82) is 0 Å². The Labute approximate surface area is 106 Å². The van der Waals surface area contributed by atoms with Crippen LogP contribution in [0, 0.1) is 5.92 Å². The van der Waals surface area contributed by atoms with E-state index in [0.717, 1.165) is 12.8 Å². The van der Waals surface area contributed by atoms with E-state index in [0.29, 0.717) is 18.4 Å². The van der Waals surface area contributed by atoms with Crippen LogP contribution in [0.3, 0.4) is 0 Å². The molecule has 1 aromatic rings. The minimum atomic E-state index is 0.177. The average molecular weight is 256 g/mol. The Morgan fingerprint density at radius 1 is 1.33 bits per heavy atom. The summed E-state index contributed by atoms with van der Waals surface area (Å²) < 4.78 is 4.94. The standard InChI is InChI=1S/C10H20N6O2/c1-3-7(4-5-17)6-12-8-13-9(16-11)15-10(14-8)18-2/h7,17H,3-6,11H2,1-2H3,(H2,12,13,14,15,16). The lowest BCUT2D eigenvalue weighted by Crippen LogP contribution is -2.18. The summed E-state index contributed by atoms with van der Waals surface area (Å²) in [5.41, 5.74) is 2.35. The van der Waals surface area contributed by atoms with Crippen molar-refractivity contribution < 1.29 is 9.84 Å². The van der Waals surface area contributed by atoms with Crippen LogP contribution in [0.4, 0.5) is 11.9 Å². The van der Waals surface area contributed by atoms with E-state index in [1.807, 2.05) is 0 Å². The molecule has 1 aromatic heterocycles. The molecule has 1 rings (SSSR count). The van der Waals surface area contributed by atoms with Gasteiger partial charge < -0.3 is 15.2 Å². The number of rotatable bonds is 8. The first-order valence-electron chi connectivity index (χ1n) is 5.84. The number of methoxy groups -OCH3 is 1. The number of aromatic nitrogens is 3. The molecule has 8 nitrogen and oxygen atoms in total. The zero-order valence-corrected chi connectivity index (χ0v) is 10.7. The Balaban J connectivity index is 2.65. The fourth-order valence-electron chi connectivity index (χ4n) is 1.46. The number of hydrogen-bond acceptors (Lipinski definition) is 8. The van der Waals surface area contributed by atoms with Crippen LogP contribution in [0.25, 0.3) is 0 Å². The molecule has 5 N–H and O–H groups in total. The summed E-state index contributed by atoms with van der Waals surface area (Å²) >= 11 is 0. The summed E-state index contributed by atoms with van der Waals surface area (Å²) in [6.45, 7) is 2.92. The van der Waals surface area contributed by atoms with Crippen molar-refractivity contribution in [1.82, 2.24) is 15.0 Å². The Kier molecular flexibility index (Phi) is 6.09. The van der Waals surface area contributed by atoms with Gasteiger partial charge in [0.05, 0.1) is 7.11 Å². The maximum atomic E-state index is 8.91. The number of anilines is 2. The third kappa shape index (κ3) is 4.30. The molecule has 102 valence electrons. The maximum Gasteiger partial charge on any atom is 0.322 e. The summed E-state index contributed by atoms with van der Waals surface area (Å²) in [5, 5.41) is 12.0. The third-order valence-corrected chi connectivity index (χ3v) is 2.59. The lowest BCUT2D eigenvalue weighted by molar-refractivity contribution is 0.258. The first-order valence-corrected chi connectivity index (χ1v) is 5.84. The second-order valence-electron chi connectivity index (χ2n) is 3.78. The smallest absolute Gasteiger partial charge is 0.322 e. The predicted molar refractivity (Wildman–Crippen MR) is 68.2 cm³/mol. The van der Waals surface area contributed by atoms with Gasteiger partial charge in [0.15, 0.2) is 0 Å². The molecular weight excluding hydrogens is 236 g/mol. The van der Waals surface area contributed by atoms with E-state index >= 15 is 0 Å². The van der Waals surface area contributed by atoms with E-state index in [1.54, 1.807) is 0 Å². The monoisotopic (exact) mass is 256 g/mol. The zero-order valence-electron chi connectivity index (χ0n) is 10.7. The summed E-state index contributed by atoms with van der Waals surface area (Å²) in [6, 6.07) is 0.190. The van der Waals surface area contributed by atoms with Gasteiger partial charge in [-0.3, -0.25) is 5.43 Å². The molecule has 8 heteroatoms. The number of nitrogen functional groups attached to an aromatic ring is 1. The Hall–Kier alpha value is -1.67. The van der Waals surface area contributed by atoms with Crippen LogP contribution < -0.4 is 21.3 Å². The molecule has 0 aliphatic carbocycles. The van der Waals surface area contributed by atoms with Crippen molar-refractivity contribution in [2.24, 2.45) is 11.8 Å². The molecule has 1 unspecified atom stereocenters. The van der Waals surface area contributed by atoms with Crippen molar-refractivity contribution in [3.63, 3.8) is 0 Å². The van der Waals surface area contributed by atoms with Gasteiger partial charge in [-0.05, 0) is 12.3 Å². The zero-order chi connectivity index (χ0) is 13.4. The first-order chi connectivity index (χ1) is 8.73. The first kappa shape index (κ1) is 14.4. The highest BCUT2D eigenvalue weighted by Crippen LogP contribution is 2.12. The molecule has 0 radical (unpaired) electrons. The van der Waals surface area contributed by atoms with Crippen LogP contribution in [0.15, 0.2) is 0 Å². The van der Waals surface area contributed by atoms with E-state index in [4.69, 9.17) is 15.7 Å². The second kappa shape index (κ2) is 7.62. The largest absolute Gasteiger partial charge is 0.467 e. The SMILES string of the molecule is CCC(CCO)CNc1nc(NN)nc(OC)n1. The molecular formula is C10H20N6O2. The number of aliphatic hydroxyl groups is 1. The van der Waals surface area contributed by atoms with E-state index in [9.17, 15) is 0 Å². The normalized spacial score (nSPS) is 12.0. The topological polar surface area (TPSA) is 118 Å². The van der Waals surface area contributed by atoms with Gasteiger partial charge >= 0.3 is 6.01 Å². The van der Waals surface area contributed by atoms with Gasteiger partial charge in [-0.15, -0.1) is 0 Å². The summed E-state index contributed by atoms with van der Waals surface area (Å²) in [7, 11) is 1.47. The molecule has 0 spiro atoms. The molecule has 1 heterocycles. The number of nitrogens with zero attached hydrogens (tertiary/aromatic N) is 3. The number of nitrogens with two attached hydrogens (primary N) is 1.